The van der Waals surface area contributed by atoms with Crippen LogP contribution in [-0.4, -0.2) is 12.6 Å². The summed E-state index contributed by atoms with van der Waals surface area (Å²) in [5.74, 6) is 0. The SMILES string of the molecule is O=C/C=C(\c1ccccc1)c1cccc(-c2ccc(C(F)(F)F)c(C=O)c2)c1. The molecule has 0 fully saturated rings. The second-order valence-electron chi connectivity index (χ2n) is 6.08. The molecule has 0 aliphatic rings. The lowest BCUT2D eigenvalue weighted by molar-refractivity contribution is -0.137. The minimum Gasteiger partial charge on any atom is -0.299 e. The average molecular weight is 380 g/mol. The predicted molar refractivity (Wildman–Crippen MR) is 102 cm³/mol. The van der Waals surface area contributed by atoms with Gasteiger partial charge in [0.25, 0.3) is 0 Å². The zero-order valence-corrected chi connectivity index (χ0v) is 14.6. The van der Waals surface area contributed by atoms with Crippen molar-refractivity contribution in [3.8, 4) is 11.1 Å². The molecule has 0 aliphatic heterocycles. The van der Waals surface area contributed by atoms with E-state index >= 15 is 0 Å². The Labute approximate surface area is 160 Å². The van der Waals surface area contributed by atoms with Crippen LogP contribution in [-0.2, 0) is 11.0 Å². The van der Waals surface area contributed by atoms with E-state index < -0.39 is 17.3 Å². The fraction of sp³-hybridized carbons (Fsp3) is 0.0435. The van der Waals surface area contributed by atoms with Crippen molar-refractivity contribution in [1.29, 1.82) is 0 Å². The normalized spacial score (nSPS) is 11.9. The van der Waals surface area contributed by atoms with Gasteiger partial charge in [-0.05, 0) is 52.1 Å². The Morgan fingerprint density at radius 3 is 2.07 bits per heavy atom. The van der Waals surface area contributed by atoms with Gasteiger partial charge in [-0.1, -0.05) is 54.6 Å². The highest BCUT2D eigenvalue weighted by molar-refractivity contribution is 5.91. The molecule has 3 rings (SSSR count). The smallest absolute Gasteiger partial charge is 0.299 e. The van der Waals surface area contributed by atoms with Gasteiger partial charge in [-0.15, -0.1) is 0 Å². The van der Waals surface area contributed by atoms with Crippen LogP contribution >= 0.6 is 0 Å². The zero-order chi connectivity index (χ0) is 20.1. The van der Waals surface area contributed by atoms with Crippen molar-refractivity contribution in [1.82, 2.24) is 0 Å². The van der Waals surface area contributed by atoms with Crippen LogP contribution in [0, 0.1) is 0 Å². The summed E-state index contributed by atoms with van der Waals surface area (Å²) in [5.41, 5.74) is 2.02. The third-order valence-corrected chi connectivity index (χ3v) is 4.31. The van der Waals surface area contributed by atoms with Gasteiger partial charge >= 0.3 is 6.18 Å². The molecule has 0 unspecified atom stereocenters. The number of carbonyl (C=O) groups excluding carboxylic acids is 2. The first-order chi connectivity index (χ1) is 13.4. The average Bonchev–Trinajstić information content (AvgIpc) is 2.71. The summed E-state index contributed by atoms with van der Waals surface area (Å²) < 4.78 is 39.0. The first-order valence-electron chi connectivity index (χ1n) is 8.42. The van der Waals surface area contributed by atoms with Crippen LogP contribution in [0.2, 0.25) is 0 Å². The lowest BCUT2D eigenvalue weighted by atomic mass is 9.93. The van der Waals surface area contributed by atoms with Gasteiger partial charge in [0, 0.05) is 5.56 Å². The molecule has 0 heterocycles. The highest BCUT2D eigenvalue weighted by Gasteiger charge is 2.33. The molecular formula is C23H15F3O2. The van der Waals surface area contributed by atoms with E-state index in [1.54, 1.807) is 18.2 Å². The molecule has 140 valence electrons. The third-order valence-electron chi connectivity index (χ3n) is 4.31. The predicted octanol–water partition coefficient (Wildman–Crippen LogP) is 5.82. The van der Waals surface area contributed by atoms with Gasteiger partial charge in [-0.25, -0.2) is 0 Å². The number of allylic oxidation sites excluding steroid dienone is 1. The Balaban J connectivity index is 2.08. The quantitative estimate of drug-likeness (QED) is 0.413. The maximum Gasteiger partial charge on any atom is 0.417 e. The van der Waals surface area contributed by atoms with Crippen molar-refractivity contribution in [3.05, 3.63) is 101 Å². The topological polar surface area (TPSA) is 34.1 Å². The second kappa shape index (κ2) is 8.05. The van der Waals surface area contributed by atoms with Crippen molar-refractivity contribution >= 4 is 18.1 Å². The minimum absolute atomic E-state index is 0.206. The van der Waals surface area contributed by atoms with Gasteiger partial charge < -0.3 is 0 Å². The molecule has 3 aromatic carbocycles. The Morgan fingerprint density at radius 2 is 1.43 bits per heavy atom. The highest BCUT2D eigenvalue weighted by Crippen LogP contribution is 2.34. The Morgan fingerprint density at radius 1 is 0.750 bits per heavy atom. The van der Waals surface area contributed by atoms with E-state index in [1.165, 1.54) is 18.2 Å². The van der Waals surface area contributed by atoms with Gasteiger partial charge in [0.15, 0.2) is 6.29 Å². The molecule has 0 saturated carbocycles. The molecule has 0 spiro atoms. The monoisotopic (exact) mass is 380 g/mol. The van der Waals surface area contributed by atoms with Gasteiger partial charge in [-0.2, -0.15) is 13.2 Å². The number of hydrogen-bond acceptors (Lipinski definition) is 2. The van der Waals surface area contributed by atoms with E-state index in [9.17, 15) is 22.8 Å². The van der Waals surface area contributed by atoms with E-state index in [4.69, 9.17) is 0 Å². The molecule has 2 nitrogen and oxygen atoms in total. The van der Waals surface area contributed by atoms with Crippen LogP contribution in [0.25, 0.3) is 16.7 Å². The van der Waals surface area contributed by atoms with Crippen LogP contribution in [0.3, 0.4) is 0 Å². The van der Waals surface area contributed by atoms with Crippen molar-refractivity contribution < 1.29 is 22.8 Å². The summed E-state index contributed by atoms with van der Waals surface area (Å²) in [4.78, 5) is 22.3. The Bertz CT molecular complexity index is 1040. The first-order valence-corrected chi connectivity index (χ1v) is 8.42. The van der Waals surface area contributed by atoms with Gasteiger partial charge in [0.1, 0.15) is 6.29 Å². The summed E-state index contributed by atoms with van der Waals surface area (Å²) >= 11 is 0. The van der Waals surface area contributed by atoms with E-state index in [2.05, 4.69) is 0 Å². The van der Waals surface area contributed by atoms with Crippen molar-refractivity contribution in [2.45, 2.75) is 6.18 Å². The fourth-order valence-corrected chi connectivity index (χ4v) is 3.01. The number of alkyl halides is 3. The Kier molecular flexibility index (Phi) is 5.54. The number of benzene rings is 3. The lowest BCUT2D eigenvalue weighted by Gasteiger charge is -2.13. The molecule has 0 N–H and O–H groups in total. The van der Waals surface area contributed by atoms with Crippen LogP contribution in [0.15, 0.2) is 78.9 Å². The first kappa shape index (κ1) is 19.3. The van der Waals surface area contributed by atoms with Crippen molar-refractivity contribution in [3.63, 3.8) is 0 Å². The molecule has 28 heavy (non-hydrogen) atoms. The van der Waals surface area contributed by atoms with Crippen molar-refractivity contribution in [2.24, 2.45) is 0 Å². The molecule has 0 saturated heterocycles. The summed E-state index contributed by atoms with van der Waals surface area (Å²) in [6.07, 6.45) is -2.25. The van der Waals surface area contributed by atoms with Crippen molar-refractivity contribution in [2.75, 3.05) is 0 Å². The largest absolute Gasteiger partial charge is 0.417 e. The molecule has 0 radical (unpaired) electrons. The number of carbonyl (C=O) groups is 2. The summed E-state index contributed by atoms with van der Waals surface area (Å²) in [5, 5.41) is 0. The maximum absolute atomic E-state index is 13.0. The lowest BCUT2D eigenvalue weighted by Crippen LogP contribution is -2.08. The molecule has 0 aromatic heterocycles. The molecule has 0 amide bonds. The van der Waals surface area contributed by atoms with Gasteiger partial charge in [-0.3, -0.25) is 9.59 Å². The van der Waals surface area contributed by atoms with Crippen LogP contribution in [0.5, 0.6) is 0 Å². The van der Waals surface area contributed by atoms with Crippen LogP contribution in [0.4, 0.5) is 13.2 Å². The number of halogens is 3. The Hall–Kier alpha value is -3.47. The third kappa shape index (κ3) is 4.09. The summed E-state index contributed by atoms with van der Waals surface area (Å²) in [7, 11) is 0. The molecular weight excluding hydrogens is 365 g/mol. The molecule has 0 aliphatic carbocycles. The van der Waals surface area contributed by atoms with E-state index in [1.807, 2.05) is 36.4 Å². The second-order valence-corrected chi connectivity index (χ2v) is 6.08. The van der Waals surface area contributed by atoms with Gasteiger partial charge in [0.2, 0.25) is 0 Å². The number of aldehydes is 2. The summed E-state index contributed by atoms with van der Waals surface area (Å²) in [6.45, 7) is 0. The van der Waals surface area contributed by atoms with E-state index in [-0.39, 0.29) is 6.29 Å². The van der Waals surface area contributed by atoms with Crippen LogP contribution < -0.4 is 0 Å². The van der Waals surface area contributed by atoms with E-state index in [0.29, 0.717) is 23.0 Å². The molecule has 0 atom stereocenters. The van der Waals surface area contributed by atoms with Crippen LogP contribution in [0.1, 0.15) is 27.0 Å². The van der Waals surface area contributed by atoms with E-state index in [0.717, 1.165) is 17.2 Å². The minimum atomic E-state index is -4.59. The highest BCUT2D eigenvalue weighted by atomic mass is 19.4. The summed E-state index contributed by atoms with van der Waals surface area (Å²) in [6, 6.07) is 19.8. The van der Waals surface area contributed by atoms with Gasteiger partial charge in [0.05, 0.1) is 5.56 Å². The number of hydrogen-bond donors (Lipinski definition) is 0. The molecule has 5 heteroatoms. The zero-order valence-electron chi connectivity index (χ0n) is 14.6. The number of rotatable bonds is 5. The maximum atomic E-state index is 13.0. The molecule has 0 bridgehead atoms. The molecule has 3 aromatic rings. The fourth-order valence-electron chi connectivity index (χ4n) is 3.01. The standard InChI is InChI=1S/C23H15F3O2/c24-23(25,26)22-10-9-18(14-20(22)15-28)17-7-4-8-19(13-17)21(11-12-27)16-5-2-1-3-6-16/h1-15H/b21-11+.